The Hall–Kier alpha value is -0.690. The van der Waals surface area contributed by atoms with E-state index in [9.17, 15) is 13.5 Å². The largest absolute Gasteiger partial charge is 0.395 e. The first-order chi connectivity index (χ1) is 9.05. The summed E-state index contributed by atoms with van der Waals surface area (Å²) in [6.07, 6.45) is 4.80. The van der Waals surface area contributed by atoms with E-state index in [1.54, 1.807) is 0 Å². The first kappa shape index (κ1) is 14.7. The molecule has 1 N–H and O–H groups in total. The molecule has 1 saturated heterocycles. The van der Waals surface area contributed by atoms with Crippen LogP contribution >= 0.6 is 11.6 Å². The number of sulfonamides is 1. The summed E-state index contributed by atoms with van der Waals surface area (Å²) in [5.41, 5.74) is 0. The van der Waals surface area contributed by atoms with Crippen molar-refractivity contribution in [3.05, 3.63) is 23.5 Å². The third-order valence-electron chi connectivity index (χ3n) is 3.34. The maximum Gasteiger partial charge on any atom is 0.243 e. The molecule has 2 rings (SSSR count). The van der Waals surface area contributed by atoms with Gasteiger partial charge in [0.15, 0.2) is 0 Å². The Bertz CT molecular complexity index is 536. The molecule has 0 aromatic carbocycles. The molecule has 1 aliphatic rings. The van der Waals surface area contributed by atoms with Crippen molar-refractivity contribution in [1.29, 1.82) is 0 Å². The van der Waals surface area contributed by atoms with Crippen molar-refractivity contribution in [2.75, 3.05) is 13.2 Å². The van der Waals surface area contributed by atoms with Crippen LogP contribution in [0.1, 0.15) is 25.7 Å². The Morgan fingerprint density at radius 2 is 2.21 bits per heavy atom. The van der Waals surface area contributed by atoms with E-state index < -0.39 is 10.0 Å². The van der Waals surface area contributed by atoms with Gasteiger partial charge in [-0.25, -0.2) is 13.4 Å². The maximum absolute atomic E-state index is 12.6. The summed E-state index contributed by atoms with van der Waals surface area (Å²) in [6.45, 7) is 0.283. The lowest BCUT2D eigenvalue weighted by atomic mass is 10.1. The third kappa shape index (κ3) is 3.25. The third-order valence-corrected chi connectivity index (χ3v) is 5.49. The van der Waals surface area contributed by atoms with Crippen LogP contribution in [0.3, 0.4) is 0 Å². The van der Waals surface area contributed by atoms with E-state index in [4.69, 9.17) is 11.6 Å². The fourth-order valence-corrected chi connectivity index (χ4v) is 4.27. The molecule has 1 aromatic heterocycles. The van der Waals surface area contributed by atoms with Crippen LogP contribution in [0.4, 0.5) is 0 Å². The zero-order valence-corrected chi connectivity index (χ0v) is 12.1. The molecule has 5 nitrogen and oxygen atoms in total. The molecule has 0 spiro atoms. The van der Waals surface area contributed by atoms with Gasteiger partial charge in [0, 0.05) is 18.8 Å². The van der Waals surface area contributed by atoms with E-state index >= 15 is 0 Å². The highest BCUT2D eigenvalue weighted by Gasteiger charge is 2.32. The van der Waals surface area contributed by atoms with E-state index in [1.165, 1.54) is 22.6 Å². The van der Waals surface area contributed by atoms with Crippen LogP contribution < -0.4 is 0 Å². The van der Waals surface area contributed by atoms with Gasteiger partial charge < -0.3 is 5.11 Å². The number of hydrogen-bond acceptors (Lipinski definition) is 4. The summed E-state index contributed by atoms with van der Waals surface area (Å²) < 4.78 is 26.6. The number of nitrogens with zero attached hydrogens (tertiary/aromatic N) is 2. The quantitative estimate of drug-likeness (QED) is 0.862. The van der Waals surface area contributed by atoms with Gasteiger partial charge in [0.05, 0.1) is 11.5 Å². The van der Waals surface area contributed by atoms with E-state index in [0.29, 0.717) is 13.0 Å². The Labute approximate surface area is 118 Å². The minimum absolute atomic E-state index is 0.132. The lowest BCUT2D eigenvalue weighted by Gasteiger charge is -2.27. The number of halogens is 1. The second-order valence-corrected chi connectivity index (χ2v) is 6.89. The normalized spacial score (nSPS) is 22.1. The van der Waals surface area contributed by atoms with Crippen LogP contribution in [-0.2, 0) is 10.0 Å². The van der Waals surface area contributed by atoms with Gasteiger partial charge in [0.1, 0.15) is 5.15 Å². The molecule has 1 aromatic rings. The molecule has 1 atom stereocenters. The molecule has 1 fully saturated rings. The van der Waals surface area contributed by atoms with Gasteiger partial charge in [-0.05, 0) is 25.0 Å². The van der Waals surface area contributed by atoms with Gasteiger partial charge in [0.2, 0.25) is 10.0 Å². The topological polar surface area (TPSA) is 70.5 Å². The smallest absolute Gasteiger partial charge is 0.243 e. The van der Waals surface area contributed by atoms with Crippen LogP contribution in [0.5, 0.6) is 0 Å². The molecule has 0 radical (unpaired) electrons. The molecular formula is C12H17ClN2O3S. The first-order valence-corrected chi connectivity index (χ1v) is 8.12. The molecule has 106 valence electrons. The average Bonchev–Trinajstić information content (AvgIpc) is 2.64. The summed E-state index contributed by atoms with van der Waals surface area (Å²) in [4.78, 5) is 3.92. The highest BCUT2D eigenvalue weighted by atomic mass is 35.5. The second kappa shape index (κ2) is 6.17. The minimum Gasteiger partial charge on any atom is -0.395 e. The fraction of sp³-hybridized carbons (Fsp3) is 0.583. The van der Waals surface area contributed by atoms with Crippen LogP contribution in [0.2, 0.25) is 5.15 Å². The predicted molar refractivity (Wildman–Crippen MR) is 72.5 cm³/mol. The summed E-state index contributed by atoms with van der Waals surface area (Å²) in [5.74, 6) is 0. The van der Waals surface area contributed by atoms with Gasteiger partial charge in [0.25, 0.3) is 0 Å². The molecule has 0 aliphatic carbocycles. The van der Waals surface area contributed by atoms with Gasteiger partial charge in [-0.2, -0.15) is 4.31 Å². The van der Waals surface area contributed by atoms with Crippen molar-refractivity contribution < 1.29 is 13.5 Å². The molecule has 0 amide bonds. The first-order valence-electron chi connectivity index (χ1n) is 6.30. The zero-order valence-electron chi connectivity index (χ0n) is 10.5. The molecule has 7 heteroatoms. The van der Waals surface area contributed by atoms with Gasteiger partial charge in [-0.3, -0.25) is 0 Å². The van der Waals surface area contributed by atoms with E-state index in [2.05, 4.69) is 4.98 Å². The van der Waals surface area contributed by atoms with Gasteiger partial charge in [-0.1, -0.05) is 24.4 Å². The molecule has 0 saturated carbocycles. The maximum atomic E-state index is 12.6. The van der Waals surface area contributed by atoms with Gasteiger partial charge >= 0.3 is 0 Å². The number of aliphatic hydroxyl groups excluding tert-OH is 1. The predicted octanol–water partition coefficient (Wildman–Crippen LogP) is 1.66. The van der Waals surface area contributed by atoms with Crippen molar-refractivity contribution >= 4 is 21.6 Å². The highest BCUT2D eigenvalue weighted by molar-refractivity contribution is 7.89. The highest BCUT2D eigenvalue weighted by Crippen LogP contribution is 2.25. The summed E-state index contributed by atoms with van der Waals surface area (Å²) >= 11 is 5.75. The Morgan fingerprint density at radius 1 is 1.42 bits per heavy atom. The SMILES string of the molecule is O=S(=O)(c1ccnc(Cl)c1)N1CCCCCC1CO. The number of hydrogen-bond donors (Lipinski definition) is 1. The molecule has 19 heavy (non-hydrogen) atoms. The van der Waals surface area contributed by atoms with Crippen LogP contribution in [0, 0.1) is 0 Å². The van der Waals surface area contributed by atoms with Crippen molar-refractivity contribution in [1.82, 2.24) is 9.29 Å². The van der Waals surface area contributed by atoms with Crippen LogP contribution in [0.15, 0.2) is 23.2 Å². The Balaban J connectivity index is 2.36. The number of rotatable bonds is 3. The minimum atomic E-state index is -3.62. The van der Waals surface area contributed by atoms with Gasteiger partial charge in [-0.15, -0.1) is 0 Å². The Kier molecular flexibility index (Phi) is 4.78. The summed E-state index contributed by atoms with van der Waals surface area (Å²) in [6, 6.07) is 2.43. The van der Waals surface area contributed by atoms with E-state index in [1.807, 2.05) is 0 Å². The monoisotopic (exact) mass is 304 g/mol. The molecule has 0 bridgehead atoms. The molecule has 1 unspecified atom stereocenters. The lowest BCUT2D eigenvalue weighted by Crippen LogP contribution is -2.42. The summed E-state index contributed by atoms with van der Waals surface area (Å²) in [7, 11) is -3.62. The molecular weight excluding hydrogens is 288 g/mol. The molecule has 2 heterocycles. The fourth-order valence-electron chi connectivity index (χ4n) is 2.33. The zero-order chi connectivity index (χ0) is 13.9. The van der Waals surface area contributed by atoms with Crippen molar-refractivity contribution in [3.63, 3.8) is 0 Å². The van der Waals surface area contributed by atoms with Crippen molar-refractivity contribution in [2.24, 2.45) is 0 Å². The van der Waals surface area contributed by atoms with Crippen molar-refractivity contribution in [2.45, 2.75) is 36.6 Å². The van der Waals surface area contributed by atoms with Crippen LogP contribution in [0.25, 0.3) is 0 Å². The molecule has 1 aliphatic heterocycles. The number of pyridine rings is 1. The number of aromatic nitrogens is 1. The van der Waals surface area contributed by atoms with Crippen LogP contribution in [-0.4, -0.2) is 42.0 Å². The van der Waals surface area contributed by atoms with E-state index in [-0.39, 0.29) is 22.7 Å². The second-order valence-electron chi connectivity index (χ2n) is 4.62. The number of aliphatic hydroxyl groups is 1. The standard InChI is InChI=1S/C12H17ClN2O3S/c13-12-8-11(5-6-14-12)19(17,18)15-7-3-1-2-4-10(15)9-16/h5-6,8,10,16H,1-4,7,9H2. The Morgan fingerprint density at radius 3 is 2.89 bits per heavy atom. The average molecular weight is 305 g/mol. The lowest BCUT2D eigenvalue weighted by molar-refractivity contribution is 0.186. The van der Waals surface area contributed by atoms with E-state index in [0.717, 1.165) is 19.3 Å². The summed E-state index contributed by atoms with van der Waals surface area (Å²) in [5, 5.41) is 9.56. The van der Waals surface area contributed by atoms with Crippen molar-refractivity contribution in [3.8, 4) is 0 Å².